The molecule has 0 amide bonds. The minimum Gasteiger partial charge on any atom is -0.256 e. The van der Waals surface area contributed by atoms with Gasteiger partial charge in [0.25, 0.3) is 0 Å². The molecule has 2 unspecified atom stereocenters. The van der Waals surface area contributed by atoms with Crippen molar-refractivity contribution in [1.82, 2.24) is 4.98 Å². The molecule has 1 heterocycles. The Morgan fingerprint density at radius 1 is 0.944 bits per heavy atom. The molecular formula is C17H21N. The van der Waals surface area contributed by atoms with Gasteiger partial charge in [-0.3, -0.25) is 4.98 Å². The van der Waals surface area contributed by atoms with E-state index >= 15 is 0 Å². The third-order valence-electron chi connectivity index (χ3n) is 3.49. The summed E-state index contributed by atoms with van der Waals surface area (Å²) in [5.74, 6) is 2.10. The van der Waals surface area contributed by atoms with Crippen molar-refractivity contribution in [1.29, 1.82) is 0 Å². The van der Waals surface area contributed by atoms with Gasteiger partial charge < -0.3 is 0 Å². The van der Waals surface area contributed by atoms with E-state index < -0.39 is 0 Å². The summed E-state index contributed by atoms with van der Waals surface area (Å²) in [4.78, 5) is 4.35. The molecule has 2 aromatic rings. The van der Waals surface area contributed by atoms with Crippen LogP contribution >= 0.6 is 0 Å². The summed E-state index contributed by atoms with van der Waals surface area (Å²) in [7, 11) is 0. The van der Waals surface area contributed by atoms with E-state index in [1.807, 2.05) is 37.4 Å². The SMILES string of the molecule is CC1CC1C.Cc1ccc(-c2ccccc2)nc1. The highest BCUT2D eigenvalue weighted by atomic mass is 14.7. The average Bonchev–Trinajstić information content (AvgIpc) is 3.05. The van der Waals surface area contributed by atoms with Gasteiger partial charge in [-0.2, -0.15) is 0 Å². The van der Waals surface area contributed by atoms with Gasteiger partial charge in [-0.15, -0.1) is 0 Å². The third kappa shape index (κ3) is 3.69. The minimum absolute atomic E-state index is 1.03. The van der Waals surface area contributed by atoms with Crippen LogP contribution in [0.2, 0.25) is 0 Å². The van der Waals surface area contributed by atoms with Crippen LogP contribution in [0.4, 0.5) is 0 Å². The van der Waals surface area contributed by atoms with E-state index in [4.69, 9.17) is 0 Å². The zero-order valence-electron chi connectivity index (χ0n) is 11.4. The Bertz CT molecular complexity index is 467. The van der Waals surface area contributed by atoms with Gasteiger partial charge in [0.2, 0.25) is 0 Å². The van der Waals surface area contributed by atoms with Crippen LogP contribution in [0.15, 0.2) is 48.7 Å². The van der Waals surface area contributed by atoms with Gasteiger partial charge >= 0.3 is 0 Å². The molecule has 0 saturated heterocycles. The fourth-order valence-corrected chi connectivity index (χ4v) is 1.76. The summed E-state index contributed by atoms with van der Waals surface area (Å²) in [6, 6.07) is 14.3. The lowest BCUT2D eigenvalue weighted by atomic mass is 10.1. The maximum absolute atomic E-state index is 4.35. The molecule has 1 heteroatoms. The summed E-state index contributed by atoms with van der Waals surface area (Å²) < 4.78 is 0. The number of aromatic nitrogens is 1. The molecule has 1 aliphatic carbocycles. The minimum atomic E-state index is 1.03. The Balaban J connectivity index is 0.000000202. The van der Waals surface area contributed by atoms with Gasteiger partial charge in [-0.1, -0.05) is 50.2 Å². The van der Waals surface area contributed by atoms with Gasteiger partial charge in [0.1, 0.15) is 0 Å². The second-order valence-electron chi connectivity index (χ2n) is 5.28. The Hall–Kier alpha value is -1.63. The third-order valence-corrected chi connectivity index (χ3v) is 3.49. The number of benzene rings is 1. The summed E-state index contributed by atoms with van der Waals surface area (Å²) >= 11 is 0. The van der Waals surface area contributed by atoms with Crippen LogP contribution in [-0.2, 0) is 0 Å². The predicted molar refractivity (Wildman–Crippen MR) is 77.4 cm³/mol. The second-order valence-corrected chi connectivity index (χ2v) is 5.28. The molecule has 0 radical (unpaired) electrons. The number of hydrogen-bond donors (Lipinski definition) is 0. The number of nitrogens with zero attached hydrogens (tertiary/aromatic N) is 1. The zero-order chi connectivity index (χ0) is 13.0. The molecule has 94 valence electrons. The van der Waals surface area contributed by atoms with E-state index in [1.54, 1.807) is 0 Å². The van der Waals surface area contributed by atoms with Crippen LogP contribution in [0, 0.1) is 18.8 Å². The topological polar surface area (TPSA) is 12.9 Å². The average molecular weight is 239 g/mol. The van der Waals surface area contributed by atoms with E-state index in [2.05, 4.69) is 37.0 Å². The molecule has 1 saturated carbocycles. The molecule has 1 aliphatic rings. The van der Waals surface area contributed by atoms with Gasteiger partial charge in [0.05, 0.1) is 5.69 Å². The summed E-state index contributed by atoms with van der Waals surface area (Å²) in [5, 5.41) is 0. The van der Waals surface area contributed by atoms with E-state index in [0.717, 1.165) is 17.5 Å². The maximum Gasteiger partial charge on any atom is 0.0702 e. The molecule has 0 spiro atoms. The number of aryl methyl sites for hydroxylation is 1. The Kier molecular flexibility index (Phi) is 4.14. The van der Waals surface area contributed by atoms with Crippen molar-refractivity contribution in [3.63, 3.8) is 0 Å². The molecule has 0 N–H and O–H groups in total. The molecule has 0 aliphatic heterocycles. The van der Waals surface area contributed by atoms with Crippen molar-refractivity contribution in [2.75, 3.05) is 0 Å². The fourth-order valence-electron chi connectivity index (χ4n) is 1.76. The van der Waals surface area contributed by atoms with Gasteiger partial charge in [0.15, 0.2) is 0 Å². The number of rotatable bonds is 1. The molecular weight excluding hydrogens is 218 g/mol. The highest BCUT2D eigenvalue weighted by Gasteiger charge is 2.26. The van der Waals surface area contributed by atoms with Crippen LogP contribution in [0.5, 0.6) is 0 Å². The first-order valence-electron chi connectivity index (χ1n) is 6.65. The quantitative estimate of drug-likeness (QED) is 0.701. The lowest BCUT2D eigenvalue weighted by Crippen LogP contribution is -1.82. The molecule has 3 rings (SSSR count). The van der Waals surface area contributed by atoms with Crippen LogP contribution < -0.4 is 0 Å². The maximum atomic E-state index is 4.35. The summed E-state index contributed by atoms with van der Waals surface area (Å²) in [6.07, 6.45) is 3.36. The number of pyridine rings is 1. The van der Waals surface area contributed by atoms with Crippen molar-refractivity contribution in [2.24, 2.45) is 11.8 Å². The van der Waals surface area contributed by atoms with Crippen LogP contribution in [-0.4, -0.2) is 4.98 Å². The first-order chi connectivity index (χ1) is 8.66. The molecule has 1 fully saturated rings. The smallest absolute Gasteiger partial charge is 0.0702 e. The molecule has 1 aromatic carbocycles. The lowest BCUT2D eigenvalue weighted by Gasteiger charge is -1.99. The Labute approximate surface area is 110 Å². The Morgan fingerprint density at radius 2 is 1.56 bits per heavy atom. The summed E-state index contributed by atoms with van der Waals surface area (Å²) in [5.41, 5.74) is 3.40. The molecule has 1 nitrogen and oxygen atoms in total. The highest BCUT2D eigenvalue weighted by molar-refractivity contribution is 5.58. The predicted octanol–water partition coefficient (Wildman–Crippen LogP) is 4.72. The molecule has 0 bridgehead atoms. The van der Waals surface area contributed by atoms with Crippen molar-refractivity contribution in [3.05, 3.63) is 54.2 Å². The first kappa shape index (κ1) is 12.8. The van der Waals surface area contributed by atoms with E-state index in [1.165, 1.54) is 17.5 Å². The molecule has 1 aromatic heterocycles. The van der Waals surface area contributed by atoms with Crippen LogP contribution in [0.3, 0.4) is 0 Å². The van der Waals surface area contributed by atoms with Crippen molar-refractivity contribution in [3.8, 4) is 11.3 Å². The van der Waals surface area contributed by atoms with Gasteiger partial charge in [-0.25, -0.2) is 0 Å². The van der Waals surface area contributed by atoms with Crippen molar-refractivity contribution < 1.29 is 0 Å². The highest BCUT2D eigenvalue weighted by Crippen LogP contribution is 2.36. The summed E-state index contributed by atoms with van der Waals surface area (Å²) in [6.45, 7) is 6.64. The monoisotopic (exact) mass is 239 g/mol. The van der Waals surface area contributed by atoms with E-state index in [-0.39, 0.29) is 0 Å². The van der Waals surface area contributed by atoms with Crippen LogP contribution in [0.1, 0.15) is 25.8 Å². The second kappa shape index (κ2) is 5.81. The van der Waals surface area contributed by atoms with Crippen molar-refractivity contribution in [2.45, 2.75) is 27.2 Å². The van der Waals surface area contributed by atoms with Crippen molar-refractivity contribution >= 4 is 0 Å². The van der Waals surface area contributed by atoms with E-state index in [9.17, 15) is 0 Å². The van der Waals surface area contributed by atoms with E-state index in [0.29, 0.717) is 0 Å². The van der Waals surface area contributed by atoms with Crippen LogP contribution in [0.25, 0.3) is 11.3 Å². The largest absolute Gasteiger partial charge is 0.256 e. The lowest BCUT2D eigenvalue weighted by molar-refractivity contribution is 0.834. The Morgan fingerprint density at radius 3 is 2.00 bits per heavy atom. The normalized spacial score (nSPS) is 20.8. The first-order valence-corrected chi connectivity index (χ1v) is 6.65. The zero-order valence-corrected chi connectivity index (χ0v) is 11.4. The van der Waals surface area contributed by atoms with Gasteiger partial charge in [-0.05, 0) is 36.8 Å². The number of hydrogen-bond acceptors (Lipinski definition) is 1. The van der Waals surface area contributed by atoms with Gasteiger partial charge in [0, 0.05) is 11.8 Å². The molecule has 2 atom stereocenters. The fraction of sp³-hybridized carbons (Fsp3) is 0.353. The standard InChI is InChI=1S/C12H11N.C5H10/c1-10-7-8-12(13-9-10)11-5-3-2-4-6-11;1-4-3-5(4)2/h2-9H,1H3;4-5H,3H2,1-2H3. The molecule has 18 heavy (non-hydrogen) atoms.